The number of nitrogens with zero attached hydrogens (tertiary/aromatic N) is 4. The van der Waals surface area contributed by atoms with E-state index in [1.165, 1.54) is 11.3 Å². The van der Waals surface area contributed by atoms with E-state index in [1.807, 2.05) is 35.8 Å². The van der Waals surface area contributed by atoms with Crippen molar-refractivity contribution in [2.24, 2.45) is 0 Å². The number of thiazole rings is 1. The summed E-state index contributed by atoms with van der Waals surface area (Å²) in [5.41, 5.74) is 8.34. The molecule has 2 aromatic rings. The van der Waals surface area contributed by atoms with Crippen molar-refractivity contribution in [2.75, 3.05) is 43.8 Å². The highest BCUT2D eigenvalue weighted by atomic mass is 32.1. The van der Waals surface area contributed by atoms with Crippen LogP contribution >= 0.6 is 11.3 Å². The Bertz CT molecular complexity index is 961. The second kappa shape index (κ2) is 9.21. The smallest absolute Gasteiger partial charge is 0.265 e. The number of carbonyl (C=O) groups excluding carboxylic acids is 2. The first kappa shape index (κ1) is 21.5. The molecule has 31 heavy (non-hydrogen) atoms. The number of rotatable bonds is 5. The van der Waals surface area contributed by atoms with E-state index in [2.05, 4.69) is 15.3 Å². The van der Waals surface area contributed by atoms with Gasteiger partial charge in [-0.3, -0.25) is 9.59 Å². The Hall–Kier alpha value is -2.68. The average Bonchev–Trinajstić information content (AvgIpc) is 3.43. The number of likely N-dealkylation sites (tertiary alicyclic amines) is 2. The van der Waals surface area contributed by atoms with Crippen molar-refractivity contribution in [1.82, 2.24) is 19.8 Å². The van der Waals surface area contributed by atoms with Gasteiger partial charge in [0, 0.05) is 44.3 Å². The summed E-state index contributed by atoms with van der Waals surface area (Å²) in [6, 6.07) is 3.75. The third-order valence-corrected chi connectivity index (χ3v) is 7.19. The number of nitrogens with one attached hydrogen (secondary N) is 1. The van der Waals surface area contributed by atoms with Crippen LogP contribution in [0, 0.1) is 6.92 Å². The summed E-state index contributed by atoms with van der Waals surface area (Å²) in [5.74, 6) is 0.578. The van der Waals surface area contributed by atoms with Crippen molar-refractivity contribution in [3.8, 4) is 0 Å². The van der Waals surface area contributed by atoms with E-state index in [1.54, 1.807) is 0 Å². The van der Waals surface area contributed by atoms with Crippen molar-refractivity contribution in [3.05, 3.63) is 34.0 Å². The van der Waals surface area contributed by atoms with Gasteiger partial charge >= 0.3 is 0 Å². The number of aryl methyl sites for hydroxylation is 1. The number of hydrogen-bond acceptors (Lipinski definition) is 7. The van der Waals surface area contributed by atoms with Crippen LogP contribution in [0.25, 0.3) is 0 Å². The highest BCUT2D eigenvalue weighted by Crippen LogP contribution is 2.31. The van der Waals surface area contributed by atoms with Crippen molar-refractivity contribution >= 4 is 34.1 Å². The fourth-order valence-corrected chi connectivity index (χ4v) is 5.34. The minimum atomic E-state index is -0.0219. The Morgan fingerprint density at radius 1 is 1.10 bits per heavy atom. The molecule has 2 aliphatic rings. The van der Waals surface area contributed by atoms with Gasteiger partial charge in [-0.2, -0.15) is 0 Å². The molecular weight excluding hydrogens is 412 g/mol. The third-order valence-electron chi connectivity index (χ3n) is 6.09. The Balaban J connectivity index is 1.39. The van der Waals surface area contributed by atoms with Crippen LogP contribution in [-0.2, 0) is 0 Å². The maximum Gasteiger partial charge on any atom is 0.265 e. The summed E-state index contributed by atoms with van der Waals surface area (Å²) >= 11 is 1.42. The van der Waals surface area contributed by atoms with E-state index in [0.29, 0.717) is 29.3 Å². The summed E-state index contributed by atoms with van der Waals surface area (Å²) in [7, 11) is 0. The molecule has 3 N–H and O–H groups in total. The highest BCUT2D eigenvalue weighted by Gasteiger charge is 2.29. The third kappa shape index (κ3) is 4.51. The number of aromatic nitrogens is 2. The second-order valence-corrected chi connectivity index (χ2v) is 9.20. The van der Waals surface area contributed by atoms with Crippen molar-refractivity contribution in [2.45, 2.75) is 45.4 Å². The standard InChI is InChI=1S/C22H30N6O2S/c1-3-24-22-25-14(2)18(31-22)21(30)28-12-8-15(9-13-28)17-7-6-16(19(23)26-17)20(29)27-10-4-5-11-27/h6-7,15H,3-5,8-13H2,1-2H3,(H2,23,26)(H,24,25). The first-order chi connectivity index (χ1) is 15.0. The van der Waals surface area contributed by atoms with Crippen LogP contribution in [0.4, 0.5) is 10.9 Å². The normalized spacial score (nSPS) is 17.2. The SMILES string of the molecule is CCNc1nc(C)c(C(=O)N2CCC(c3ccc(C(=O)N4CCCC4)c(N)n3)CC2)s1. The number of amides is 2. The second-order valence-electron chi connectivity index (χ2n) is 8.20. The number of piperidine rings is 1. The predicted octanol–water partition coefficient (Wildman–Crippen LogP) is 3.12. The Morgan fingerprint density at radius 3 is 2.42 bits per heavy atom. The molecular formula is C22H30N6O2S. The lowest BCUT2D eigenvalue weighted by Gasteiger charge is -2.31. The van der Waals surface area contributed by atoms with Crippen molar-refractivity contribution in [3.63, 3.8) is 0 Å². The molecule has 0 aromatic carbocycles. The summed E-state index contributed by atoms with van der Waals surface area (Å²) in [5, 5.41) is 3.97. The number of pyridine rings is 1. The number of anilines is 2. The molecule has 2 aliphatic heterocycles. The van der Waals surface area contributed by atoms with Gasteiger partial charge in [0.05, 0.1) is 11.3 Å². The van der Waals surface area contributed by atoms with Gasteiger partial charge in [-0.1, -0.05) is 11.3 Å². The van der Waals surface area contributed by atoms with Gasteiger partial charge in [0.25, 0.3) is 11.8 Å². The molecule has 9 heteroatoms. The van der Waals surface area contributed by atoms with Gasteiger partial charge in [-0.05, 0) is 51.7 Å². The minimum Gasteiger partial charge on any atom is -0.383 e. The maximum atomic E-state index is 13.0. The maximum absolute atomic E-state index is 13.0. The van der Waals surface area contributed by atoms with Crippen LogP contribution in [0.2, 0.25) is 0 Å². The quantitative estimate of drug-likeness (QED) is 0.737. The van der Waals surface area contributed by atoms with Crippen molar-refractivity contribution in [1.29, 1.82) is 0 Å². The number of nitrogen functional groups attached to an aromatic ring is 1. The molecule has 2 amide bonds. The molecule has 0 atom stereocenters. The highest BCUT2D eigenvalue weighted by molar-refractivity contribution is 7.17. The van der Waals surface area contributed by atoms with Crippen LogP contribution in [0.1, 0.15) is 69.9 Å². The molecule has 0 unspecified atom stereocenters. The molecule has 166 valence electrons. The summed E-state index contributed by atoms with van der Waals surface area (Å²) in [6.45, 7) is 7.61. The van der Waals surface area contributed by atoms with E-state index >= 15 is 0 Å². The lowest BCUT2D eigenvalue weighted by Crippen LogP contribution is -2.38. The molecule has 4 rings (SSSR count). The first-order valence-corrected chi connectivity index (χ1v) is 11.9. The fourth-order valence-electron chi connectivity index (χ4n) is 4.33. The largest absolute Gasteiger partial charge is 0.383 e. The van der Waals surface area contributed by atoms with Crippen LogP contribution in [-0.4, -0.2) is 64.3 Å². The van der Waals surface area contributed by atoms with Crippen LogP contribution in [0.15, 0.2) is 12.1 Å². The van der Waals surface area contributed by atoms with E-state index in [4.69, 9.17) is 5.73 Å². The molecule has 2 aromatic heterocycles. The van der Waals surface area contributed by atoms with Gasteiger partial charge in [-0.25, -0.2) is 9.97 Å². The van der Waals surface area contributed by atoms with Gasteiger partial charge in [-0.15, -0.1) is 0 Å². The van der Waals surface area contributed by atoms with Crippen LogP contribution < -0.4 is 11.1 Å². The molecule has 0 aliphatic carbocycles. The molecule has 2 saturated heterocycles. The van der Waals surface area contributed by atoms with E-state index in [-0.39, 0.29) is 17.7 Å². The zero-order valence-electron chi connectivity index (χ0n) is 18.2. The fraction of sp³-hybridized carbons (Fsp3) is 0.545. The summed E-state index contributed by atoms with van der Waals surface area (Å²) in [4.78, 5) is 39.1. The van der Waals surface area contributed by atoms with Gasteiger partial charge in [0.15, 0.2) is 5.13 Å². The lowest BCUT2D eigenvalue weighted by atomic mass is 9.92. The molecule has 0 spiro atoms. The zero-order chi connectivity index (χ0) is 22.0. The van der Waals surface area contributed by atoms with Crippen LogP contribution in [0.3, 0.4) is 0 Å². The molecule has 4 heterocycles. The topological polar surface area (TPSA) is 104 Å². The molecule has 2 fully saturated rings. The monoisotopic (exact) mass is 442 g/mol. The molecule has 0 radical (unpaired) electrons. The van der Waals surface area contributed by atoms with Gasteiger partial charge in [0.2, 0.25) is 0 Å². The number of nitrogens with two attached hydrogens (primary N) is 1. The Labute approximate surface area is 186 Å². The zero-order valence-corrected chi connectivity index (χ0v) is 19.0. The lowest BCUT2D eigenvalue weighted by molar-refractivity contribution is 0.0715. The minimum absolute atomic E-state index is 0.0219. The van der Waals surface area contributed by atoms with E-state index in [0.717, 1.165) is 61.8 Å². The van der Waals surface area contributed by atoms with Gasteiger partial charge in [0.1, 0.15) is 10.7 Å². The number of carbonyl (C=O) groups is 2. The van der Waals surface area contributed by atoms with Crippen LogP contribution in [0.5, 0.6) is 0 Å². The Kier molecular flexibility index (Phi) is 6.41. The molecule has 0 bridgehead atoms. The molecule has 0 saturated carbocycles. The predicted molar refractivity (Wildman–Crippen MR) is 123 cm³/mol. The van der Waals surface area contributed by atoms with Crippen molar-refractivity contribution < 1.29 is 9.59 Å². The van der Waals surface area contributed by atoms with Gasteiger partial charge < -0.3 is 20.9 Å². The Morgan fingerprint density at radius 2 is 1.77 bits per heavy atom. The number of hydrogen-bond donors (Lipinski definition) is 2. The van der Waals surface area contributed by atoms with E-state index < -0.39 is 0 Å². The first-order valence-electron chi connectivity index (χ1n) is 11.0. The summed E-state index contributed by atoms with van der Waals surface area (Å²) < 4.78 is 0. The summed E-state index contributed by atoms with van der Waals surface area (Å²) in [6.07, 6.45) is 3.75. The molecule has 8 nitrogen and oxygen atoms in total. The van der Waals surface area contributed by atoms with E-state index in [9.17, 15) is 9.59 Å². The average molecular weight is 443 g/mol.